The number of carbonyl (C=O) groups excluding carboxylic acids is 1. The summed E-state index contributed by atoms with van der Waals surface area (Å²) in [4.78, 5) is 11.3. The van der Waals surface area contributed by atoms with Gasteiger partial charge < -0.3 is 5.32 Å². The Morgan fingerprint density at radius 3 is 2.35 bits per heavy atom. The summed E-state index contributed by atoms with van der Waals surface area (Å²) < 4.78 is 35.6. The van der Waals surface area contributed by atoms with Crippen molar-refractivity contribution in [1.82, 2.24) is 5.32 Å². The smallest absolute Gasteiger partial charge is 0.343 e. The fourth-order valence-corrected chi connectivity index (χ4v) is 1.73. The normalized spacial score (nSPS) is 11.3. The van der Waals surface area contributed by atoms with E-state index in [2.05, 4.69) is 0 Å². The van der Waals surface area contributed by atoms with Crippen LogP contribution in [0.2, 0.25) is 0 Å². The summed E-state index contributed by atoms with van der Waals surface area (Å²) in [6.45, 7) is -1.31. The minimum atomic E-state index is -4.38. The molecule has 0 heterocycles. The second-order valence-electron chi connectivity index (χ2n) is 3.43. The number of amides is 1. The van der Waals surface area contributed by atoms with Gasteiger partial charge in [0.1, 0.15) is 6.54 Å². The van der Waals surface area contributed by atoms with Crippen LogP contribution < -0.4 is 5.32 Å². The molecular weight excluding hydrogens is 251 g/mol. The van der Waals surface area contributed by atoms with E-state index in [1.165, 1.54) is 12.1 Å². The van der Waals surface area contributed by atoms with Gasteiger partial charge in [0.2, 0.25) is 0 Å². The molecule has 1 rings (SSSR count). The maximum absolute atomic E-state index is 11.9. The lowest BCUT2D eigenvalue weighted by atomic mass is 10.1. The molecule has 0 spiro atoms. The summed E-state index contributed by atoms with van der Waals surface area (Å²) in [5.41, 5.74) is 1.27. The van der Waals surface area contributed by atoms with Gasteiger partial charge in [-0.3, -0.25) is 4.79 Å². The molecule has 0 aromatic heterocycles. The average molecular weight is 263 g/mol. The number of alkyl halides is 3. The number of halogens is 3. The fourth-order valence-electron chi connectivity index (χ4n) is 1.20. The maximum Gasteiger partial charge on any atom is 0.405 e. The van der Waals surface area contributed by atoms with Crippen molar-refractivity contribution in [3.05, 3.63) is 35.4 Å². The topological polar surface area (TPSA) is 29.1 Å². The molecule has 1 aromatic carbocycles. The Labute approximate surface area is 102 Å². The first-order valence-electron chi connectivity index (χ1n) is 4.85. The summed E-state index contributed by atoms with van der Waals surface area (Å²) in [5.74, 6) is 0.0998. The minimum absolute atomic E-state index is 0.235. The molecule has 0 atom stereocenters. The highest BCUT2D eigenvalue weighted by molar-refractivity contribution is 7.97. The Kier molecular flexibility index (Phi) is 4.86. The molecule has 0 saturated heterocycles. The minimum Gasteiger partial charge on any atom is -0.343 e. The van der Waals surface area contributed by atoms with Crippen LogP contribution in [0.5, 0.6) is 0 Å². The van der Waals surface area contributed by atoms with Crippen molar-refractivity contribution in [3.8, 4) is 0 Å². The van der Waals surface area contributed by atoms with Crippen molar-refractivity contribution < 1.29 is 18.0 Å². The Morgan fingerprint density at radius 2 is 1.88 bits per heavy atom. The van der Waals surface area contributed by atoms with Crippen LogP contribution in [-0.4, -0.2) is 24.9 Å². The summed E-state index contributed by atoms with van der Waals surface area (Å²) in [7, 11) is 0. The van der Waals surface area contributed by atoms with Crippen LogP contribution >= 0.6 is 11.8 Å². The first-order chi connectivity index (χ1) is 7.92. The molecule has 6 heteroatoms. The number of carbonyl (C=O) groups is 1. The molecule has 0 saturated carbocycles. The SMILES string of the molecule is CSCc1ccc(C(=O)NCC(F)(F)F)cc1. The molecule has 0 unspecified atom stereocenters. The van der Waals surface area contributed by atoms with Crippen LogP contribution in [-0.2, 0) is 5.75 Å². The Balaban J connectivity index is 2.57. The third kappa shape index (κ3) is 5.12. The Morgan fingerprint density at radius 1 is 1.29 bits per heavy atom. The molecule has 0 aliphatic carbocycles. The molecule has 0 radical (unpaired) electrons. The van der Waals surface area contributed by atoms with E-state index in [1.807, 2.05) is 11.6 Å². The molecule has 2 nitrogen and oxygen atoms in total. The zero-order valence-corrected chi connectivity index (χ0v) is 9.99. The standard InChI is InChI=1S/C11H12F3NOS/c1-17-6-8-2-4-9(5-3-8)10(16)15-7-11(12,13)14/h2-5H,6-7H2,1H3,(H,15,16). The zero-order valence-electron chi connectivity index (χ0n) is 9.17. The highest BCUT2D eigenvalue weighted by Gasteiger charge is 2.27. The van der Waals surface area contributed by atoms with Gasteiger partial charge in [-0.05, 0) is 24.0 Å². The number of benzene rings is 1. The third-order valence-corrected chi connectivity index (χ3v) is 2.60. The number of hydrogen-bond acceptors (Lipinski definition) is 2. The van der Waals surface area contributed by atoms with Gasteiger partial charge in [0.05, 0.1) is 0 Å². The second kappa shape index (κ2) is 5.95. The number of thioether (sulfide) groups is 1. The molecule has 0 bridgehead atoms. The van der Waals surface area contributed by atoms with Crippen LogP contribution in [0.15, 0.2) is 24.3 Å². The summed E-state index contributed by atoms with van der Waals surface area (Å²) in [6, 6.07) is 6.52. The van der Waals surface area contributed by atoms with E-state index < -0.39 is 18.6 Å². The van der Waals surface area contributed by atoms with Crippen molar-refractivity contribution in [2.24, 2.45) is 0 Å². The fraction of sp³-hybridized carbons (Fsp3) is 0.364. The van der Waals surface area contributed by atoms with Crippen LogP contribution in [0.1, 0.15) is 15.9 Å². The molecular formula is C11H12F3NOS. The Bertz CT molecular complexity index is 375. The van der Waals surface area contributed by atoms with E-state index in [1.54, 1.807) is 23.9 Å². The van der Waals surface area contributed by atoms with Crippen LogP contribution in [0.3, 0.4) is 0 Å². The van der Waals surface area contributed by atoms with Crippen molar-refractivity contribution >= 4 is 17.7 Å². The lowest BCUT2D eigenvalue weighted by molar-refractivity contribution is -0.123. The lowest BCUT2D eigenvalue weighted by Gasteiger charge is -2.08. The number of nitrogens with one attached hydrogen (secondary N) is 1. The highest BCUT2D eigenvalue weighted by atomic mass is 32.2. The van der Waals surface area contributed by atoms with Gasteiger partial charge in [-0.15, -0.1) is 0 Å². The van der Waals surface area contributed by atoms with Gasteiger partial charge in [-0.1, -0.05) is 12.1 Å². The highest BCUT2D eigenvalue weighted by Crippen LogP contribution is 2.13. The Hall–Kier alpha value is -1.17. The quantitative estimate of drug-likeness (QED) is 0.905. The van der Waals surface area contributed by atoms with E-state index in [-0.39, 0.29) is 5.56 Å². The van der Waals surface area contributed by atoms with E-state index in [0.29, 0.717) is 0 Å². The van der Waals surface area contributed by atoms with Gasteiger partial charge >= 0.3 is 6.18 Å². The van der Waals surface area contributed by atoms with Crippen LogP contribution in [0, 0.1) is 0 Å². The molecule has 94 valence electrons. The second-order valence-corrected chi connectivity index (χ2v) is 4.29. The number of rotatable bonds is 4. The lowest BCUT2D eigenvalue weighted by Crippen LogP contribution is -2.33. The van der Waals surface area contributed by atoms with Gasteiger partial charge in [0.15, 0.2) is 0 Å². The van der Waals surface area contributed by atoms with Crippen LogP contribution in [0.4, 0.5) is 13.2 Å². The van der Waals surface area contributed by atoms with E-state index in [4.69, 9.17) is 0 Å². The van der Waals surface area contributed by atoms with Crippen molar-refractivity contribution in [1.29, 1.82) is 0 Å². The maximum atomic E-state index is 11.9. The van der Waals surface area contributed by atoms with E-state index >= 15 is 0 Å². The summed E-state index contributed by atoms with van der Waals surface area (Å²) in [6.07, 6.45) is -2.43. The third-order valence-electron chi connectivity index (χ3n) is 1.98. The predicted octanol–water partition coefficient (Wildman–Crippen LogP) is 2.84. The molecule has 1 amide bonds. The van der Waals surface area contributed by atoms with Gasteiger partial charge in [0, 0.05) is 11.3 Å². The van der Waals surface area contributed by atoms with E-state index in [9.17, 15) is 18.0 Å². The summed E-state index contributed by atoms with van der Waals surface area (Å²) >= 11 is 1.63. The molecule has 1 N–H and O–H groups in total. The average Bonchev–Trinajstić information content (AvgIpc) is 2.26. The van der Waals surface area contributed by atoms with Crippen LogP contribution in [0.25, 0.3) is 0 Å². The molecule has 17 heavy (non-hydrogen) atoms. The molecule has 0 aliphatic rings. The first kappa shape index (κ1) is 13.9. The first-order valence-corrected chi connectivity index (χ1v) is 6.24. The number of hydrogen-bond donors (Lipinski definition) is 1. The monoisotopic (exact) mass is 263 g/mol. The van der Waals surface area contributed by atoms with Crippen molar-refractivity contribution in [2.75, 3.05) is 12.8 Å². The molecule has 1 aromatic rings. The predicted molar refractivity (Wildman–Crippen MR) is 62.0 cm³/mol. The molecule has 0 aliphatic heterocycles. The summed E-state index contributed by atoms with van der Waals surface area (Å²) in [5, 5.41) is 1.82. The van der Waals surface area contributed by atoms with Crippen molar-refractivity contribution in [2.45, 2.75) is 11.9 Å². The van der Waals surface area contributed by atoms with Gasteiger partial charge in [-0.2, -0.15) is 24.9 Å². The zero-order chi connectivity index (χ0) is 12.9. The van der Waals surface area contributed by atoms with Gasteiger partial charge in [-0.25, -0.2) is 0 Å². The molecule has 0 fully saturated rings. The van der Waals surface area contributed by atoms with Gasteiger partial charge in [0.25, 0.3) is 5.91 Å². The van der Waals surface area contributed by atoms with Crippen molar-refractivity contribution in [3.63, 3.8) is 0 Å². The van der Waals surface area contributed by atoms with E-state index in [0.717, 1.165) is 11.3 Å². The largest absolute Gasteiger partial charge is 0.405 e.